The highest BCUT2D eigenvalue weighted by Gasteiger charge is 2.23. The van der Waals surface area contributed by atoms with Crippen LogP contribution >= 0.6 is 11.8 Å². The maximum Gasteiger partial charge on any atom is 0.407 e. The van der Waals surface area contributed by atoms with E-state index in [0.717, 1.165) is 18.6 Å². The first kappa shape index (κ1) is 18.1. The predicted octanol–water partition coefficient (Wildman–Crippen LogP) is 2.15. The molecule has 1 aromatic carbocycles. The molecule has 7 nitrogen and oxygen atoms in total. The van der Waals surface area contributed by atoms with E-state index >= 15 is 0 Å². The van der Waals surface area contributed by atoms with Gasteiger partial charge in [0.2, 0.25) is 6.19 Å². The van der Waals surface area contributed by atoms with Crippen molar-refractivity contribution in [3.05, 3.63) is 29.8 Å². The number of nitriles is 1. The lowest BCUT2D eigenvalue weighted by atomic mass is 10.0. The van der Waals surface area contributed by atoms with Gasteiger partial charge in [0.15, 0.2) is 0 Å². The molecule has 1 unspecified atom stereocenters. The van der Waals surface area contributed by atoms with Gasteiger partial charge in [-0.05, 0) is 24.5 Å². The summed E-state index contributed by atoms with van der Waals surface area (Å²) < 4.78 is 5.91. The largest absolute Gasteiger partial charge is 0.488 e. The Morgan fingerprint density at radius 3 is 3.21 bits per heavy atom. The van der Waals surface area contributed by atoms with Crippen molar-refractivity contribution >= 4 is 23.4 Å². The van der Waals surface area contributed by atoms with Crippen molar-refractivity contribution in [3.8, 4) is 11.9 Å². The zero-order valence-corrected chi connectivity index (χ0v) is 14.0. The second-order valence-corrected chi connectivity index (χ2v) is 6.09. The molecule has 0 aromatic heterocycles. The lowest BCUT2D eigenvalue weighted by molar-refractivity contribution is 0.0986. The highest BCUT2D eigenvalue weighted by atomic mass is 32.2. The molecular weight excluding hydrogens is 328 g/mol. The van der Waals surface area contributed by atoms with Crippen molar-refractivity contribution in [2.45, 2.75) is 18.9 Å². The molecule has 2 rings (SSSR count). The molecule has 128 valence electrons. The lowest BCUT2D eigenvalue weighted by Gasteiger charge is -2.30. The summed E-state index contributed by atoms with van der Waals surface area (Å²) in [6, 6.07) is 7.87. The van der Waals surface area contributed by atoms with Gasteiger partial charge in [0.05, 0.1) is 12.1 Å². The van der Waals surface area contributed by atoms with E-state index in [1.54, 1.807) is 6.19 Å². The Kier molecular flexibility index (Phi) is 7.39. The minimum atomic E-state index is -0.946. The highest BCUT2D eigenvalue weighted by molar-refractivity contribution is 8.12. The zero-order chi connectivity index (χ0) is 17.2. The van der Waals surface area contributed by atoms with E-state index < -0.39 is 6.09 Å². The fourth-order valence-electron chi connectivity index (χ4n) is 2.46. The van der Waals surface area contributed by atoms with Gasteiger partial charge in [-0.3, -0.25) is 0 Å². The number of thioether (sulfide) groups is 1. The van der Waals surface area contributed by atoms with Crippen molar-refractivity contribution in [1.82, 2.24) is 10.2 Å². The number of carboxylic acid groups (broad SMARTS) is 1. The van der Waals surface area contributed by atoms with Gasteiger partial charge in [-0.1, -0.05) is 30.0 Å². The third-order valence-corrected chi connectivity index (χ3v) is 4.25. The molecule has 1 aliphatic rings. The van der Waals surface area contributed by atoms with Crippen LogP contribution in [0, 0.1) is 11.5 Å². The van der Waals surface area contributed by atoms with Crippen molar-refractivity contribution in [1.29, 1.82) is 5.26 Å². The third-order valence-electron chi connectivity index (χ3n) is 3.63. The smallest absolute Gasteiger partial charge is 0.407 e. The molecule has 0 bridgehead atoms. The first-order chi connectivity index (χ1) is 11.7. The minimum absolute atomic E-state index is 0.117. The Labute approximate surface area is 145 Å². The normalized spacial score (nSPS) is 16.2. The van der Waals surface area contributed by atoms with Gasteiger partial charge in [0, 0.05) is 19.0 Å². The van der Waals surface area contributed by atoms with Crippen LogP contribution in [0.4, 0.5) is 4.79 Å². The summed E-state index contributed by atoms with van der Waals surface area (Å²) in [5, 5.41) is 20.7. The molecule has 8 heteroatoms. The average molecular weight is 348 g/mol. The number of aliphatic imine (C=N–C) groups is 1. The number of fused-ring (bicyclic) bond motifs is 1. The number of nitrogens with one attached hydrogen (secondary N) is 1. The number of para-hydroxylation sites is 1. The summed E-state index contributed by atoms with van der Waals surface area (Å²) in [5.41, 5.74) is 2.63. The van der Waals surface area contributed by atoms with Crippen LogP contribution in [0.1, 0.15) is 12.0 Å². The Hall–Kier alpha value is -2.24. The molecule has 2 N–H and O–H groups in total. The van der Waals surface area contributed by atoms with Gasteiger partial charge in [0.1, 0.15) is 11.9 Å². The molecule has 1 aliphatic heterocycles. The standard InChI is InChI=1S/C16H20N4O3S/c17-10-19-12-24-11-18-7-8-20(16(21)22)9-14-6-5-13-3-1-2-4-15(13)23-14/h1-4,12,14,18H,5-9,11H2,(H,21,22). The Bertz CT molecular complexity index is 618. The molecule has 1 amide bonds. The molecule has 1 atom stereocenters. The summed E-state index contributed by atoms with van der Waals surface area (Å²) in [4.78, 5) is 16.2. The van der Waals surface area contributed by atoms with E-state index in [1.807, 2.05) is 24.3 Å². The van der Waals surface area contributed by atoms with E-state index in [-0.39, 0.29) is 6.10 Å². The van der Waals surface area contributed by atoms with Crippen molar-refractivity contribution < 1.29 is 14.6 Å². The highest BCUT2D eigenvalue weighted by Crippen LogP contribution is 2.27. The molecule has 0 saturated heterocycles. The van der Waals surface area contributed by atoms with Crippen LogP contribution in [0.2, 0.25) is 0 Å². The Morgan fingerprint density at radius 2 is 2.42 bits per heavy atom. The molecule has 0 aliphatic carbocycles. The van der Waals surface area contributed by atoms with Crippen LogP contribution < -0.4 is 10.1 Å². The minimum Gasteiger partial charge on any atom is -0.488 e. The van der Waals surface area contributed by atoms with E-state index in [0.29, 0.717) is 25.5 Å². The third kappa shape index (κ3) is 5.76. The number of ether oxygens (including phenoxy) is 1. The quantitative estimate of drug-likeness (QED) is 0.246. The molecule has 0 spiro atoms. The first-order valence-electron chi connectivity index (χ1n) is 7.66. The molecule has 0 saturated carbocycles. The fraction of sp³-hybridized carbons (Fsp3) is 0.438. The second-order valence-electron chi connectivity index (χ2n) is 5.26. The van der Waals surface area contributed by atoms with Gasteiger partial charge in [-0.25, -0.2) is 4.79 Å². The number of benzene rings is 1. The number of nitrogens with zero attached hydrogens (tertiary/aromatic N) is 3. The first-order valence-corrected chi connectivity index (χ1v) is 8.71. The number of hydrogen-bond donors (Lipinski definition) is 2. The molecule has 0 radical (unpaired) electrons. The van der Waals surface area contributed by atoms with Crippen molar-refractivity contribution in [2.75, 3.05) is 25.5 Å². The van der Waals surface area contributed by atoms with Gasteiger partial charge < -0.3 is 20.1 Å². The van der Waals surface area contributed by atoms with Crippen LogP contribution in [0.3, 0.4) is 0 Å². The number of rotatable bonds is 8. The fourth-order valence-corrected chi connectivity index (χ4v) is 2.92. The number of carbonyl (C=O) groups is 1. The number of hydrogen-bond acceptors (Lipinski definition) is 6. The predicted molar refractivity (Wildman–Crippen MR) is 93.3 cm³/mol. The second kappa shape index (κ2) is 9.80. The average Bonchev–Trinajstić information content (AvgIpc) is 2.59. The van der Waals surface area contributed by atoms with Gasteiger partial charge >= 0.3 is 6.09 Å². The van der Waals surface area contributed by atoms with Crippen molar-refractivity contribution in [3.63, 3.8) is 0 Å². The van der Waals surface area contributed by atoms with Crippen LogP contribution in [0.15, 0.2) is 29.3 Å². The molecule has 0 fully saturated rings. The number of amides is 1. The summed E-state index contributed by atoms with van der Waals surface area (Å²) in [6.45, 7) is 1.27. The molecular formula is C16H20N4O3S. The van der Waals surface area contributed by atoms with Gasteiger partial charge in [-0.15, -0.1) is 0 Å². The monoisotopic (exact) mass is 348 g/mol. The van der Waals surface area contributed by atoms with Crippen LogP contribution in [0.5, 0.6) is 5.75 Å². The zero-order valence-electron chi connectivity index (χ0n) is 13.2. The molecule has 1 aromatic rings. The van der Waals surface area contributed by atoms with Crippen molar-refractivity contribution in [2.24, 2.45) is 4.99 Å². The summed E-state index contributed by atoms with van der Waals surface area (Å²) in [7, 11) is 0. The Morgan fingerprint density at radius 1 is 1.58 bits per heavy atom. The van der Waals surface area contributed by atoms with Crippen LogP contribution in [-0.4, -0.2) is 53.3 Å². The molecule has 24 heavy (non-hydrogen) atoms. The summed E-state index contributed by atoms with van der Waals surface area (Å²) in [6.07, 6.45) is 2.32. The topological polar surface area (TPSA) is 98.0 Å². The van der Waals surface area contributed by atoms with E-state index in [9.17, 15) is 9.90 Å². The summed E-state index contributed by atoms with van der Waals surface area (Å²) in [5.74, 6) is 1.43. The van der Waals surface area contributed by atoms with E-state index in [2.05, 4.69) is 10.3 Å². The number of aryl methyl sites for hydroxylation is 1. The summed E-state index contributed by atoms with van der Waals surface area (Å²) >= 11 is 1.35. The van der Waals surface area contributed by atoms with Gasteiger partial charge in [0.25, 0.3) is 0 Å². The maximum atomic E-state index is 11.4. The van der Waals surface area contributed by atoms with Crippen LogP contribution in [-0.2, 0) is 6.42 Å². The maximum absolute atomic E-state index is 11.4. The van der Waals surface area contributed by atoms with E-state index in [1.165, 1.54) is 27.8 Å². The SMILES string of the molecule is N#CN=CSCNCCN(CC1CCc2ccccc2O1)C(=O)O. The van der Waals surface area contributed by atoms with E-state index in [4.69, 9.17) is 10.00 Å². The Balaban J connectivity index is 1.75. The van der Waals surface area contributed by atoms with Crippen LogP contribution in [0.25, 0.3) is 0 Å². The van der Waals surface area contributed by atoms with Gasteiger partial charge in [-0.2, -0.15) is 10.3 Å². The lowest BCUT2D eigenvalue weighted by Crippen LogP contribution is -2.43. The molecule has 1 heterocycles.